The lowest BCUT2D eigenvalue weighted by atomic mass is 10.1. The zero-order valence-corrected chi connectivity index (χ0v) is 8.62. The van der Waals surface area contributed by atoms with E-state index in [9.17, 15) is 0 Å². The molecule has 2 heteroatoms. The number of aromatic nitrogens is 2. The molecule has 14 heavy (non-hydrogen) atoms. The van der Waals surface area contributed by atoms with Crippen LogP contribution >= 0.6 is 0 Å². The Labute approximate surface area is 83.6 Å². The fourth-order valence-electron chi connectivity index (χ4n) is 1.84. The lowest BCUT2D eigenvalue weighted by Crippen LogP contribution is -1.98. The normalized spacial score (nSPS) is 18.7. The summed E-state index contributed by atoms with van der Waals surface area (Å²) in [6.45, 7) is 4.40. The standard InChI is InChI=1S/C12H14N2/c1-9-3-4-11-13-10(8-14(11)7-9)12(2)5-6-12/h3-4,7-8H,5-6H2,1-2H3. The molecule has 0 aromatic carbocycles. The Morgan fingerprint density at radius 2 is 2.07 bits per heavy atom. The zero-order valence-electron chi connectivity index (χ0n) is 8.62. The predicted molar refractivity (Wildman–Crippen MR) is 56.5 cm³/mol. The Kier molecular flexibility index (Phi) is 1.37. The molecule has 72 valence electrons. The highest BCUT2D eigenvalue weighted by atomic mass is 15.0. The van der Waals surface area contributed by atoms with Gasteiger partial charge in [-0.05, 0) is 31.4 Å². The van der Waals surface area contributed by atoms with Gasteiger partial charge < -0.3 is 4.40 Å². The molecule has 2 aromatic rings. The number of nitrogens with zero attached hydrogens (tertiary/aromatic N) is 2. The molecule has 0 spiro atoms. The second-order valence-electron chi connectivity index (χ2n) is 4.66. The molecule has 2 nitrogen and oxygen atoms in total. The van der Waals surface area contributed by atoms with Crippen LogP contribution in [0.25, 0.3) is 5.65 Å². The van der Waals surface area contributed by atoms with E-state index in [0.717, 1.165) is 5.65 Å². The molecule has 3 rings (SSSR count). The van der Waals surface area contributed by atoms with Crippen LogP contribution in [0.2, 0.25) is 0 Å². The van der Waals surface area contributed by atoms with Gasteiger partial charge in [-0.25, -0.2) is 4.98 Å². The number of imidazole rings is 1. The number of pyridine rings is 1. The first kappa shape index (κ1) is 8.04. The van der Waals surface area contributed by atoms with Crippen molar-refractivity contribution < 1.29 is 0 Å². The molecule has 2 heterocycles. The minimum atomic E-state index is 0.375. The van der Waals surface area contributed by atoms with Crippen molar-refractivity contribution in [3.05, 3.63) is 35.8 Å². The van der Waals surface area contributed by atoms with Gasteiger partial charge in [-0.1, -0.05) is 13.0 Å². The third-order valence-corrected chi connectivity index (χ3v) is 3.22. The summed E-state index contributed by atoms with van der Waals surface area (Å²) < 4.78 is 2.13. The minimum absolute atomic E-state index is 0.375. The van der Waals surface area contributed by atoms with Crippen LogP contribution in [0.1, 0.15) is 31.0 Å². The molecule has 2 aromatic heterocycles. The fraction of sp³-hybridized carbons (Fsp3) is 0.417. The van der Waals surface area contributed by atoms with Gasteiger partial charge in [-0.3, -0.25) is 0 Å². The van der Waals surface area contributed by atoms with Crippen molar-refractivity contribution in [2.45, 2.75) is 32.1 Å². The highest BCUT2D eigenvalue weighted by Gasteiger charge is 2.41. The summed E-state index contributed by atoms with van der Waals surface area (Å²) in [7, 11) is 0. The van der Waals surface area contributed by atoms with Gasteiger partial charge in [0.2, 0.25) is 0 Å². The Morgan fingerprint density at radius 1 is 1.29 bits per heavy atom. The van der Waals surface area contributed by atoms with Crippen LogP contribution in [-0.2, 0) is 5.41 Å². The maximum atomic E-state index is 4.65. The molecule has 1 aliphatic rings. The van der Waals surface area contributed by atoms with Crippen molar-refractivity contribution >= 4 is 5.65 Å². The SMILES string of the molecule is Cc1ccc2nc(C3(C)CC3)cn2c1. The van der Waals surface area contributed by atoms with E-state index in [1.165, 1.54) is 24.1 Å². The highest BCUT2D eigenvalue weighted by Crippen LogP contribution is 2.46. The van der Waals surface area contributed by atoms with Crippen LogP contribution in [0, 0.1) is 6.92 Å². The van der Waals surface area contributed by atoms with Crippen molar-refractivity contribution in [1.29, 1.82) is 0 Å². The summed E-state index contributed by atoms with van der Waals surface area (Å²) in [6, 6.07) is 4.20. The third kappa shape index (κ3) is 1.07. The van der Waals surface area contributed by atoms with Gasteiger partial charge in [0.15, 0.2) is 0 Å². The number of aryl methyl sites for hydroxylation is 1. The summed E-state index contributed by atoms with van der Waals surface area (Å²) >= 11 is 0. The second-order valence-corrected chi connectivity index (χ2v) is 4.66. The van der Waals surface area contributed by atoms with Gasteiger partial charge in [0, 0.05) is 17.8 Å². The fourth-order valence-corrected chi connectivity index (χ4v) is 1.84. The maximum Gasteiger partial charge on any atom is 0.137 e. The van der Waals surface area contributed by atoms with E-state index in [2.05, 4.69) is 47.8 Å². The van der Waals surface area contributed by atoms with Crippen LogP contribution in [0.4, 0.5) is 0 Å². The minimum Gasteiger partial charge on any atom is -0.307 e. The molecule has 1 aliphatic carbocycles. The van der Waals surface area contributed by atoms with Crippen LogP contribution in [0.3, 0.4) is 0 Å². The largest absolute Gasteiger partial charge is 0.307 e. The Morgan fingerprint density at radius 3 is 2.79 bits per heavy atom. The summed E-state index contributed by atoms with van der Waals surface area (Å²) in [5, 5.41) is 0. The van der Waals surface area contributed by atoms with E-state index in [4.69, 9.17) is 0 Å². The lowest BCUT2D eigenvalue weighted by Gasteiger charge is -1.99. The number of rotatable bonds is 1. The smallest absolute Gasteiger partial charge is 0.137 e. The Bertz CT molecular complexity index is 492. The van der Waals surface area contributed by atoms with Crippen molar-refractivity contribution in [2.75, 3.05) is 0 Å². The summed E-state index contributed by atoms with van der Waals surface area (Å²) in [4.78, 5) is 4.65. The van der Waals surface area contributed by atoms with Crippen molar-refractivity contribution in [3.8, 4) is 0 Å². The van der Waals surface area contributed by atoms with Crippen molar-refractivity contribution in [2.24, 2.45) is 0 Å². The van der Waals surface area contributed by atoms with E-state index >= 15 is 0 Å². The van der Waals surface area contributed by atoms with E-state index < -0.39 is 0 Å². The summed E-state index contributed by atoms with van der Waals surface area (Å²) in [6.07, 6.45) is 6.89. The molecule has 0 amide bonds. The van der Waals surface area contributed by atoms with Gasteiger partial charge >= 0.3 is 0 Å². The van der Waals surface area contributed by atoms with Crippen LogP contribution in [0.5, 0.6) is 0 Å². The number of hydrogen-bond acceptors (Lipinski definition) is 1. The molecule has 0 unspecified atom stereocenters. The first-order chi connectivity index (χ1) is 6.67. The third-order valence-electron chi connectivity index (χ3n) is 3.22. The molecule has 1 saturated carbocycles. The average molecular weight is 186 g/mol. The second kappa shape index (κ2) is 2.38. The predicted octanol–water partition coefficient (Wildman–Crippen LogP) is 2.69. The first-order valence-corrected chi connectivity index (χ1v) is 5.13. The number of fused-ring (bicyclic) bond motifs is 1. The highest BCUT2D eigenvalue weighted by molar-refractivity contribution is 5.43. The molecule has 0 radical (unpaired) electrons. The first-order valence-electron chi connectivity index (χ1n) is 5.13. The Hall–Kier alpha value is -1.31. The van der Waals surface area contributed by atoms with E-state index in [-0.39, 0.29) is 0 Å². The van der Waals surface area contributed by atoms with Gasteiger partial charge in [-0.15, -0.1) is 0 Å². The van der Waals surface area contributed by atoms with Crippen LogP contribution in [-0.4, -0.2) is 9.38 Å². The molecule has 0 N–H and O–H groups in total. The quantitative estimate of drug-likeness (QED) is 0.669. The zero-order chi connectivity index (χ0) is 9.76. The van der Waals surface area contributed by atoms with Gasteiger partial charge in [0.05, 0.1) is 5.69 Å². The van der Waals surface area contributed by atoms with E-state index in [0.29, 0.717) is 5.41 Å². The van der Waals surface area contributed by atoms with E-state index in [1.54, 1.807) is 0 Å². The van der Waals surface area contributed by atoms with Gasteiger partial charge in [-0.2, -0.15) is 0 Å². The Balaban J connectivity index is 2.20. The molecule has 0 aliphatic heterocycles. The van der Waals surface area contributed by atoms with Crippen molar-refractivity contribution in [3.63, 3.8) is 0 Å². The van der Waals surface area contributed by atoms with E-state index in [1.807, 2.05) is 0 Å². The van der Waals surface area contributed by atoms with Crippen molar-refractivity contribution in [1.82, 2.24) is 9.38 Å². The topological polar surface area (TPSA) is 17.3 Å². The average Bonchev–Trinajstić information content (AvgIpc) is 2.77. The van der Waals surface area contributed by atoms with Gasteiger partial charge in [0.1, 0.15) is 5.65 Å². The maximum absolute atomic E-state index is 4.65. The number of hydrogen-bond donors (Lipinski definition) is 0. The molecule has 0 atom stereocenters. The molecule has 1 fully saturated rings. The summed E-state index contributed by atoms with van der Waals surface area (Å²) in [5.41, 5.74) is 3.98. The monoisotopic (exact) mass is 186 g/mol. The summed E-state index contributed by atoms with van der Waals surface area (Å²) in [5.74, 6) is 0. The lowest BCUT2D eigenvalue weighted by molar-refractivity contribution is 0.759. The molecule has 0 saturated heterocycles. The molecular weight excluding hydrogens is 172 g/mol. The molecular formula is C12H14N2. The molecule has 0 bridgehead atoms. The van der Waals surface area contributed by atoms with Crippen LogP contribution < -0.4 is 0 Å². The van der Waals surface area contributed by atoms with Crippen LogP contribution in [0.15, 0.2) is 24.5 Å². The van der Waals surface area contributed by atoms with Gasteiger partial charge in [0.25, 0.3) is 0 Å².